The molecular weight excluding hydrogens is 331 g/mol. The average Bonchev–Trinajstić information content (AvgIpc) is 2.86. The van der Waals surface area contributed by atoms with Crippen molar-refractivity contribution in [2.24, 2.45) is 0 Å². The number of sulfone groups is 1. The Morgan fingerprint density at radius 1 is 0.957 bits per heavy atom. The van der Waals surface area contributed by atoms with Crippen LogP contribution < -0.4 is 0 Å². The summed E-state index contributed by atoms with van der Waals surface area (Å²) in [5, 5.41) is 9.81. The summed E-state index contributed by atoms with van der Waals surface area (Å²) in [6.07, 6.45) is 0. The lowest BCUT2D eigenvalue weighted by atomic mass is 10.1. The number of aromatic hydroxyl groups is 1. The van der Waals surface area contributed by atoms with E-state index in [0.29, 0.717) is 0 Å². The van der Waals surface area contributed by atoms with Gasteiger partial charge in [-0.25, -0.2) is 8.42 Å². The lowest BCUT2D eigenvalue weighted by Gasteiger charge is -2.10. The van der Waals surface area contributed by atoms with Gasteiger partial charge in [0.05, 0.1) is 5.69 Å². The normalized spacial score (nSPS) is 12.7. The van der Waals surface area contributed by atoms with Gasteiger partial charge >= 0.3 is 5.51 Å². The molecule has 1 aromatic heterocycles. The zero-order chi connectivity index (χ0) is 16.8. The van der Waals surface area contributed by atoms with Crippen LogP contribution in [-0.4, -0.2) is 24.0 Å². The van der Waals surface area contributed by atoms with E-state index < -0.39 is 20.2 Å². The van der Waals surface area contributed by atoms with E-state index in [1.807, 2.05) is 0 Å². The Bertz CT molecular complexity index is 991. The molecule has 0 saturated carbocycles. The molecule has 3 aromatic rings. The van der Waals surface area contributed by atoms with E-state index in [1.165, 1.54) is 42.5 Å². The Morgan fingerprint density at radius 3 is 2.22 bits per heavy atom. The molecular formula is C15H10F3NO3S. The molecule has 2 N–H and O–H groups in total. The van der Waals surface area contributed by atoms with Crippen molar-refractivity contribution in [3.05, 3.63) is 48.5 Å². The number of halogens is 3. The van der Waals surface area contributed by atoms with Crippen LogP contribution in [0.15, 0.2) is 53.4 Å². The maximum atomic E-state index is 13.1. The molecule has 0 bridgehead atoms. The number of para-hydroxylation sites is 2. The highest BCUT2D eigenvalue weighted by atomic mass is 32.2. The maximum absolute atomic E-state index is 13.1. The molecule has 0 aliphatic rings. The van der Waals surface area contributed by atoms with Gasteiger partial charge in [0.25, 0.3) is 9.84 Å². The zero-order valence-corrected chi connectivity index (χ0v) is 12.2. The lowest BCUT2D eigenvalue weighted by molar-refractivity contribution is -0.0435. The highest BCUT2D eigenvalue weighted by Gasteiger charge is 2.49. The molecule has 0 unspecified atom stereocenters. The Morgan fingerprint density at radius 2 is 1.57 bits per heavy atom. The first-order chi connectivity index (χ1) is 10.7. The Balaban J connectivity index is 2.45. The number of rotatable bonds is 2. The van der Waals surface area contributed by atoms with Crippen molar-refractivity contribution < 1.29 is 26.7 Å². The highest BCUT2D eigenvalue weighted by molar-refractivity contribution is 7.92. The van der Waals surface area contributed by atoms with E-state index in [9.17, 15) is 26.7 Å². The second kappa shape index (κ2) is 5.02. The average molecular weight is 341 g/mol. The number of H-pyrrole nitrogens is 1. The number of alkyl halides is 3. The number of hydrogen-bond acceptors (Lipinski definition) is 3. The summed E-state index contributed by atoms with van der Waals surface area (Å²) in [5.41, 5.74) is -5.53. The number of nitrogens with one attached hydrogen (secondary N) is 1. The summed E-state index contributed by atoms with van der Waals surface area (Å²) < 4.78 is 63.2. The van der Waals surface area contributed by atoms with E-state index in [1.54, 1.807) is 6.07 Å². The van der Waals surface area contributed by atoms with Gasteiger partial charge in [-0.1, -0.05) is 30.3 Å². The van der Waals surface area contributed by atoms with Crippen molar-refractivity contribution in [1.29, 1.82) is 0 Å². The van der Waals surface area contributed by atoms with E-state index >= 15 is 0 Å². The van der Waals surface area contributed by atoms with Crippen LogP contribution in [0.5, 0.6) is 5.75 Å². The third-order valence-electron chi connectivity index (χ3n) is 3.41. The van der Waals surface area contributed by atoms with Gasteiger partial charge in [0.15, 0.2) is 0 Å². The van der Waals surface area contributed by atoms with Gasteiger partial charge in [-0.2, -0.15) is 13.2 Å². The number of phenolic OH excluding ortho intramolecular Hbond substituents is 1. The Kier molecular flexibility index (Phi) is 3.36. The SMILES string of the molecule is O=S(=O)(c1c(-c2ccccc2O)[nH]c2ccccc12)C(F)(F)F. The first-order valence-corrected chi connectivity index (χ1v) is 7.92. The van der Waals surface area contributed by atoms with Crippen molar-refractivity contribution in [3.63, 3.8) is 0 Å². The van der Waals surface area contributed by atoms with Crippen LogP contribution in [0, 0.1) is 0 Å². The fourth-order valence-corrected chi connectivity index (χ4v) is 3.51. The predicted molar refractivity (Wildman–Crippen MR) is 78.6 cm³/mol. The van der Waals surface area contributed by atoms with Crippen molar-refractivity contribution in [1.82, 2.24) is 4.98 Å². The Labute approximate surface area is 129 Å². The summed E-state index contributed by atoms with van der Waals surface area (Å²) in [4.78, 5) is 1.77. The second-order valence-electron chi connectivity index (χ2n) is 4.84. The van der Waals surface area contributed by atoms with Crippen molar-refractivity contribution >= 4 is 20.7 Å². The van der Waals surface area contributed by atoms with Crippen molar-refractivity contribution in [2.75, 3.05) is 0 Å². The summed E-state index contributed by atoms with van der Waals surface area (Å²) in [6.45, 7) is 0. The van der Waals surface area contributed by atoms with Gasteiger partial charge in [-0.3, -0.25) is 0 Å². The molecule has 8 heteroatoms. The van der Waals surface area contributed by atoms with Crippen molar-refractivity contribution in [3.8, 4) is 17.0 Å². The monoisotopic (exact) mass is 341 g/mol. The molecule has 0 spiro atoms. The van der Waals surface area contributed by atoms with Gasteiger partial charge in [-0.05, 0) is 18.2 Å². The quantitative estimate of drug-likeness (QED) is 0.744. The molecule has 0 fully saturated rings. The van der Waals surface area contributed by atoms with Gasteiger partial charge in [-0.15, -0.1) is 0 Å². The summed E-state index contributed by atoms with van der Waals surface area (Å²) >= 11 is 0. The second-order valence-corrected chi connectivity index (χ2v) is 6.72. The molecule has 23 heavy (non-hydrogen) atoms. The smallest absolute Gasteiger partial charge is 0.502 e. The third-order valence-corrected chi connectivity index (χ3v) is 4.98. The fourth-order valence-electron chi connectivity index (χ4n) is 2.39. The minimum absolute atomic E-state index is 0.0217. The molecule has 2 aromatic carbocycles. The number of hydrogen-bond donors (Lipinski definition) is 2. The molecule has 0 saturated heterocycles. The minimum Gasteiger partial charge on any atom is -0.507 e. The molecule has 0 amide bonds. The van der Waals surface area contributed by atoms with E-state index in [-0.39, 0.29) is 27.9 Å². The fraction of sp³-hybridized carbons (Fsp3) is 0.0667. The molecule has 0 aliphatic heterocycles. The largest absolute Gasteiger partial charge is 0.507 e. The molecule has 0 atom stereocenters. The molecule has 0 aliphatic carbocycles. The summed E-state index contributed by atoms with van der Waals surface area (Å²) in [7, 11) is -5.60. The Hall–Kier alpha value is -2.48. The third kappa shape index (κ3) is 2.35. The predicted octanol–water partition coefficient (Wildman–Crippen LogP) is 3.83. The van der Waals surface area contributed by atoms with E-state index in [2.05, 4.69) is 4.98 Å². The molecule has 3 rings (SSSR count). The van der Waals surface area contributed by atoms with Crippen LogP contribution in [0.3, 0.4) is 0 Å². The number of fused-ring (bicyclic) bond motifs is 1. The molecule has 120 valence electrons. The van der Waals surface area contributed by atoms with Gasteiger partial charge in [0.2, 0.25) is 0 Å². The zero-order valence-electron chi connectivity index (χ0n) is 11.4. The minimum atomic E-state index is -5.60. The topological polar surface area (TPSA) is 70.2 Å². The van der Waals surface area contributed by atoms with Gasteiger partial charge < -0.3 is 10.1 Å². The molecule has 4 nitrogen and oxygen atoms in total. The summed E-state index contributed by atoms with van der Waals surface area (Å²) in [6, 6.07) is 11.4. The van der Waals surface area contributed by atoms with Crippen molar-refractivity contribution in [2.45, 2.75) is 10.4 Å². The van der Waals surface area contributed by atoms with E-state index in [4.69, 9.17) is 0 Å². The van der Waals surface area contributed by atoms with Crippen LogP contribution >= 0.6 is 0 Å². The number of phenols is 1. The summed E-state index contributed by atoms with van der Waals surface area (Å²) in [5.74, 6) is -0.322. The van der Waals surface area contributed by atoms with Crippen LogP contribution in [0.2, 0.25) is 0 Å². The van der Waals surface area contributed by atoms with Crippen LogP contribution in [0.1, 0.15) is 0 Å². The first kappa shape index (κ1) is 15.4. The van der Waals surface area contributed by atoms with Crippen LogP contribution in [0.25, 0.3) is 22.2 Å². The van der Waals surface area contributed by atoms with Gasteiger partial charge in [0, 0.05) is 16.5 Å². The number of aromatic amines is 1. The van der Waals surface area contributed by atoms with Crippen LogP contribution in [0.4, 0.5) is 13.2 Å². The number of benzene rings is 2. The standard InChI is InChI=1S/C15H10F3NO3S/c16-15(17,18)23(21,22)14-9-5-1-3-7-11(9)19-13(14)10-6-2-4-8-12(10)20/h1-8,19-20H. The van der Waals surface area contributed by atoms with E-state index in [0.717, 1.165) is 0 Å². The molecule has 0 radical (unpaired) electrons. The number of aromatic nitrogens is 1. The molecule has 1 heterocycles. The van der Waals surface area contributed by atoms with Gasteiger partial charge in [0.1, 0.15) is 10.6 Å². The first-order valence-electron chi connectivity index (χ1n) is 6.44. The highest BCUT2D eigenvalue weighted by Crippen LogP contribution is 2.42. The maximum Gasteiger partial charge on any atom is 0.502 e. The lowest BCUT2D eigenvalue weighted by Crippen LogP contribution is -2.23. The van der Waals surface area contributed by atoms with Crippen LogP contribution in [-0.2, 0) is 9.84 Å².